The molecule has 4 aromatic rings. The van der Waals surface area contributed by atoms with E-state index in [1.165, 1.54) is 55.3 Å². The van der Waals surface area contributed by atoms with Crippen molar-refractivity contribution in [2.75, 3.05) is 11.9 Å². The zero-order chi connectivity index (χ0) is 17.3. The van der Waals surface area contributed by atoms with E-state index in [1.54, 1.807) is 0 Å². The molecule has 2 nitrogen and oxygen atoms in total. The molecule has 0 spiro atoms. The lowest BCUT2D eigenvalue weighted by molar-refractivity contribution is -0.659. The summed E-state index contributed by atoms with van der Waals surface area (Å²) in [6.45, 7) is 4.44. The minimum atomic E-state index is 1.29. The van der Waals surface area contributed by atoms with Gasteiger partial charge in [0.05, 0.1) is 22.3 Å². The van der Waals surface area contributed by atoms with Crippen molar-refractivity contribution >= 4 is 32.9 Å². The number of anilines is 2. The maximum absolute atomic E-state index is 2.36. The molecule has 0 atom stereocenters. The van der Waals surface area contributed by atoms with Gasteiger partial charge in [0.1, 0.15) is 7.05 Å². The van der Waals surface area contributed by atoms with Gasteiger partial charge < -0.3 is 4.90 Å². The fourth-order valence-corrected chi connectivity index (χ4v) is 4.40. The van der Waals surface area contributed by atoms with Gasteiger partial charge in [0, 0.05) is 13.1 Å². The first-order valence-corrected chi connectivity index (χ1v) is 8.75. The Labute approximate surface area is 147 Å². The van der Waals surface area contributed by atoms with Gasteiger partial charge in [-0.05, 0) is 53.3 Å². The molecule has 122 valence electrons. The van der Waals surface area contributed by atoms with Crippen molar-refractivity contribution in [3.63, 3.8) is 0 Å². The highest BCUT2D eigenvalue weighted by Crippen LogP contribution is 2.48. The number of rotatable bonds is 0. The molecule has 0 unspecified atom stereocenters. The van der Waals surface area contributed by atoms with Crippen molar-refractivity contribution in [2.45, 2.75) is 13.8 Å². The monoisotopic (exact) mass is 325 g/mol. The van der Waals surface area contributed by atoms with Crippen molar-refractivity contribution in [1.29, 1.82) is 0 Å². The van der Waals surface area contributed by atoms with E-state index in [-0.39, 0.29) is 0 Å². The number of hydrogen-bond acceptors (Lipinski definition) is 1. The second kappa shape index (κ2) is 4.82. The predicted octanol–water partition coefficient (Wildman–Crippen LogP) is 5.18. The van der Waals surface area contributed by atoms with E-state index >= 15 is 0 Å². The van der Waals surface area contributed by atoms with Crippen molar-refractivity contribution in [1.82, 2.24) is 0 Å². The number of aryl methyl sites for hydroxylation is 3. The second-order valence-corrected chi connectivity index (χ2v) is 7.20. The van der Waals surface area contributed by atoms with Crippen molar-refractivity contribution in [3.05, 3.63) is 65.9 Å². The molecule has 0 radical (unpaired) electrons. The van der Waals surface area contributed by atoms with Crippen LogP contribution in [0.15, 0.2) is 54.7 Å². The van der Waals surface area contributed by atoms with E-state index in [9.17, 15) is 0 Å². The maximum Gasteiger partial charge on any atom is 0.224 e. The highest BCUT2D eigenvalue weighted by molar-refractivity contribution is 6.12. The Balaban J connectivity index is 2.05. The van der Waals surface area contributed by atoms with E-state index in [1.807, 2.05) is 0 Å². The second-order valence-electron chi connectivity index (χ2n) is 7.20. The third kappa shape index (κ3) is 1.82. The van der Waals surface area contributed by atoms with Crippen LogP contribution in [0.3, 0.4) is 0 Å². The molecule has 3 aromatic carbocycles. The number of hydrogen-bond donors (Lipinski definition) is 0. The maximum atomic E-state index is 2.36. The van der Waals surface area contributed by atoms with E-state index < -0.39 is 0 Å². The van der Waals surface area contributed by atoms with Crippen molar-refractivity contribution in [3.8, 4) is 11.3 Å². The number of fused-ring (bicyclic) bond motifs is 3. The van der Waals surface area contributed by atoms with Crippen LogP contribution < -0.4 is 9.47 Å². The van der Waals surface area contributed by atoms with E-state index in [4.69, 9.17) is 0 Å². The summed E-state index contributed by atoms with van der Waals surface area (Å²) in [4.78, 5) is 2.36. The Hall–Kier alpha value is -2.87. The predicted molar refractivity (Wildman–Crippen MR) is 106 cm³/mol. The summed E-state index contributed by atoms with van der Waals surface area (Å²) in [7, 11) is 4.35. The normalized spacial score (nSPS) is 12.7. The first-order valence-electron chi connectivity index (χ1n) is 8.75. The van der Waals surface area contributed by atoms with Crippen LogP contribution in [0.5, 0.6) is 0 Å². The molecule has 5 rings (SSSR count). The van der Waals surface area contributed by atoms with E-state index in [0.717, 1.165) is 0 Å². The number of aromatic nitrogens is 1. The molecular weight excluding hydrogens is 304 g/mol. The molecule has 1 aliphatic rings. The van der Waals surface area contributed by atoms with Crippen LogP contribution in [-0.2, 0) is 7.05 Å². The molecule has 2 heteroatoms. The topological polar surface area (TPSA) is 7.12 Å². The lowest BCUT2D eigenvalue weighted by Gasteiger charge is -2.30. The molecule has 0 fully saturated rings. The zero-order valence-electron chi connectivity index (χ0n) is 15.1. The minimum Gasteiger partial charge on any atom is -0.343 e. The highest BCUT2D eigenvalue weighted by atomic mass is 15.1. The standard InChI is InChI=1S/C23H21N2/c1-14-11-17-9-10-24(3)23-21-15(2)18-8-6-5-7-16(18)13-20(21)25(4)19(12-14)22(17)23/h5-13H,1-4H3/q+1. The molecule has 0 aliphatic carbocycles. The van der Waals surface area contributed by atoms with Gasteiger partial charge in [0.2, 0.25) is 5.69 Å². The molecule has 0 N–H and O–H groups in total. The Morgan fingerprint density at radius 2 is 1.68 bits per heavy atom. The molecule has 25 heavy (non-hydrogen) atoms. The largest absolute Gasteiger partial charge is 0.343 e. The summed E-state index contributed by atoms with van der Waals surface area (Å²) in [5.41, 5.74) is 7.92. The Kier molecular flexibility index (Phi) is 2.79. The van der Waals surface area contributed by atoms with Gasteiger partial charge in [0.15, 0.2) is 6.20 Å². The Bertz CT molecular complexity index is 1190. The summed E-state index contributed by atoms with van der Waals surface area (Å²) < 4.78 is 2.27. The van der Waals surface area contributed by atoms with Gasteiger partial charge >= 0.3 is 0 Å². The van der Waals surface area contributed by atoms with Crippen LogP contribution >= 0.6 is 0 Å². The Morgan fingerprint density at radius 1 is 0.880 bits per heavy atom. The summed E-state index contributed by atoms with van der Waals surface area (Å²) in [6.07, 6.45) is 2.19. The van der Waals surface area contributed by atoms with Gasteiger partial charge in [-0.25, -0.2) is 4.57 Å². The van der Waals surface area contributed by atoms with E-state index in [2.05, 4.69) is 92.1 Å². The summed E-state index contributed by atoms with van der Waals surface area (Å²) >= 11 is 0. The lowest BCUT2D eigenvalue weighted by Crippen LogP contribution is -2.33. The van der Waals surface area contributed by atoms with Crippen LogP contribution in [0, 0.1) is 13.8 Å². The third-order valence-corrected chi connectivity index (χ3v) is 5.61. The van der Waals surface area contributed by atoms with E-state index in [0.29, 0.717) is 0 Å². The Morgan fingerprint density at radius 3 is 2.52 bits per heavy atom. The fourth-order valence-electron chi connectivity index (χ4n) is 4.40. The zero-order valence-corrected chi connectivity index (χ0v) is 15.1. The molecule has 0 saturated heterocycles. The summed E-state index contributed by atoms with van der Waals surface area (Å²) in [5.74, 6) is 0. The van der Waals surface area contributed by atoms with Gasteiger partial charge in [0.25, 0.3) is 0 Å². The molecular formula is C23H21N2+. The molecule has 1 aromatic heterocycles. The van der Waals surface area contributed by atoms with Crippen LogP contribution in [0.4, 0.5) is 11.4 Å². The molecule has 0 saturated carbocycles. The number of benzene rings is 3. The molecule has 1 aliphatic heterocycles. The number of pyridine rings is 1. The molecule has 2 heterocycles. The molecule has 0 bridgehead atoms. The smallest absolute Gasteiger partial charge is 0.224 e. The summed E-state index contributed by atoms with van der Waals surface area (Å²) in [6, 6.07) is 17.9. The van der Waals surface area contributed by atoms with Gasteiger partial charge in [-0.15, -0.1) is 0 Å². The van der Waals surface area contributed by atoms with Gasteiger partial charge in [-0.1, -0.05) is 30.3 Å². The average molecular weight is 325 g/mol. The average Bonchev–Trinajstić information content (AvgIpc) is 2.61. The lowest BCUT2D eigenvalue weighted by atomic mass is 9.89. The minimum absolute atomic E-state index is 1.29. The van der Waals surface area contributed by atoms with Gasteiger partial charge in [-0.3, -0.25) is 0 Å². The highest BCUT2D eigenvalue weighted by Gasteiger charge is 2.31. The van der Waals surface area contributed by atoms with Crippen LogP contribution in [0.2, 0.25) is 0 Å². The first kappa shape index (κ1) is 14.5. The van der Waals surface area contributed by atoms with Crippen LogP contribution in [0.25, 0.3) is 32.8 Å². The van der Waals surface area contributed by atoms with Gasteiger partial charge in [-0.2, -0.15) is 0 Å². The third-order valence-electron chi connectivity index (χ3n) is 5.61. The van der Waals surface area contributed by atoms with Crippen molar-refractivity contribution in [2.24, 2.45) is 7.05 Å². The number of nitrogens with zero attached hydrogens (tertiary/aromatic N) is 2. The van der Waals surface area contributed by atoms with Crippen LogP contribution in [0.1, 0.15) is 11.1 Å². The van der Waals surface area contributed by atoms with Crippen molar-refractivity contribution < 1.29 is 4.57 Å². The fraction of sp³-hybridized carbons (Fsp3) is 0.174. The molecule has 0 amide bonds. The quantitative estimate of drug-likeness (QED) is 0.404. The first-order chi connectivity index (χ1) is 12.1. The summed E-state index contributed by atoms with van der Waals surface area (Å²) in [5, 5.41) is 5.30. The van der Waals surface area contributed by atoms with Crippen LogP contribution in [-0.4, -0.2) is 7.05 Å². The SMILES string of the molecule is Cc1cc2c3c([n+](C)ccc3c1)-c1c(cc3ccccc3c1C)N2C.